The number of carbonyl (C=O) groups is 2. The van der Waals surface area contributed by atoms with Gasteiger partial charge in [0.25, 0.3) is 11.8 Å². The third-order valence-electron chi connectivity index (χ3n) is 4.76. The second-order valence-electron chi connectivity index (χ2n) is 7.03. The minimum Gasteiger partial charge on any atom is -0.495 e. The summed E-state index contributed by atoms with van der Waals surface area (Å²) in [5, 5.41) is 5.72. The number of ether oxygens (including phenoxy) is 2. The molecule has 0 aliphatic heterocycles. The van der Waals surface area contributed by atoms with Crippen molar-refractivity contribution in [1.82, 2.24) is 0 Å². The van der Waals surface area contributed by atoms with Crippen LogP contribution in [-0.4, -0.2) is 25.5 Å². The van der Waals surface area contributed by atoms with Crippen molar-refractivity contribution >= 4 is 23.2 Å². The van der Waals surface area contributed by atoms with Crippen LogP contribution in [0.2, 0.25) is 0 Å². The molecular weight excluding hydrogens is 392 g/mol. The predicted octanol–water partition coefficient (Wildman–Crippen LogP) is 4.84. The van der Waals surface area contributed by atoms with Gasteiger partial charge in [-0.15, -0.1) is 0 Å². The lowest BCUT2D eigenvalue weighted by atomic mass is 10.1. The number of methoxy groups -OCH3 is 1. The number of benzene rings is 3. The van der Waals surface area contributed by atoms with Crippen molar-refractivity contribution in [1.29, 1.82) is 0 Å². The molecule has 0 aromatic heterocycles. The van der Waals surface area contributed by atoms with Crippen LogP contribution in [-0.2, 0) is 11.2 Å². The summed E-state index contributed by atoms with van der Waals surface area (Å²) in [5.41, 5.74) is 3.95. The molecule has 0 radical (unpaired) electrons. The molecule has 0 fully saturated rings. The molecule has 2 amide bonds. The highest BCUT2D eigenvalue weighted by atomic mass is 16.5. The van der Waals surface area contributed by atoms with Crippen molar-refractivity contribution in [3.05, 3.63) is 83.4 Å². The highest BCUT2D eigenvalue weighted by molar-refractivity contribution is 6.05. The molecule has 6 heteroatoms. The van der Waals surface area contributed by atoms with Crippen LogP contribution in [0.1, 0.15) is 28.4 Å². The average molecular weight is 418 g/mol. The first-order valence-corrected chi connectivity index (χ1v) is 10.1. The molecule has 6 nitrogen and oxygen atoms in total. The van der Waals surface area contributed by atoms with Crippen molar-refractivity contribution in [2.45, 2.75) is 20.3 Å². The van der Waals surface area contributed by atoms with E-state index >= 15 is 0 Å². The second kappa shape index (κ2) is 10.3. The van der Waals surface area contributed by atoms with E-state index in [-0.39, 0.29) is 18.4 Å². The van der Waals surface area contributed by atoms with Crippen molar-refractivity contribution in [3.63, 3.8) is 0 Å². The Morgan fingerprint density at radius 1 is 0.903 bits per heavy atom. The third kappa shape index (κ3) is 5.85. The molecule has 0 atom stereocenters. The lowest BCUT2D eigenvalue weighted by molar-refractivity contribution is -0.118. The van der Waals surface area contributed by atoms with Gasteiger partial charge < -0.3 is 20.1 Å². The summed E-state index contributed by atoms with van der Waals surface area (Å²) in [6.07, 6.45) is 0.829. The van der Waals surface area contributed by atoms with E-state index in [1.165, 1.54) is 0 Å². The largest absolute Gasteiger partial charge is 0.495 e. The van der Waals surface area contributed by atoms with E-state index < -0.39 is 0 Å². The first-order valence-electron chi connectivity index (χ1n) is 10.1. The molecule has 0 spiro atoms. The van der Waals surface area contributed by atoms with Crippen LogP contribution in [0.4, 0.5) is 11.4 Å². The van der Waals surface area contributed by atoms with E-state index in [4.69, 9.17) is 9.47 Å². The van der Waals surface area contributed by atoms with E-state index in [0.717, 1.165) is 23.2 Å². The van der Waals surface area contributed by atoms with Gasteiger partial charge in [0.05, 0.1) is 12.8 Å². The summed E-state index contributed by atoms with van der Waals surface area (Å²) in [4.78, 5) is 24.8. The van der Waals surface area contributed by atoms with Gasteiger partial charge in [0, 0.05) is 11.3 Å². The van der Waals surface area contributed by atoms with Gasteiger partial charge in [0.15, 0.2) is 6.61 Å². The molecule has 31 heavy (non-hydrogen) atoms. The first-order chi connectivity index (χ1) is 15.0. The van der Waals surface area contributed by atoms with Gasteiger partial charge >= 0.3 is 0 Å². The van der Waals surface area contributed by atoms with E-state index in [1.807, 2.05) is 56.3 Å². The Morgan fingerprint density at radius 2 is 1.65 bits per heavy atom. The minimum absolute atomic E-state index is 0.121. The van der Waals surface area contributed by atoms with Gasteiger partial charge in [-0.1, -0.05) is 31.2 Å². The smallest absolute Gasteiger partial charge is 0.262 e. The van der Waals surface area contributed by atoms with Crippen LogP contribution < -0.4 is 20.1 Å². The summed E-state index contributed by atoms with van der Waals surface area (Å²) in [7, 11) is 1.56. The number of aryl methyl sites for hydroxylation is 2. The van der Waals surface area contributed by atoms with Gasteiger partial charge in [-0.05, 0) is 66.9 Å². The molecule has 3 rings (SSSR count). The summed E-state index contributed by atoms with van der Waals surface area (Å²) >= 11 is 0. The number of hydrogen-bond acceptors (Lipinski definition) is 4. The third-order valence-corrected chi connectivity index (χ3v) is 4.76. The Morgan fingerprint density at radius 3 is 2.35 bits per heavy atom. The molecule has 0 saturated heterocycles. The van der Waals surface area contributed by atoms with Crippen LogP contribution in [0, 0.1) is 6.92 Å². The Bertz CT molecular complexity index is 1060. The lowest BCUT2D eigenvalue weighted by Gasteiger charge is -2.12. The maximum absolute atomic E-state index is 12.6. The predicted molar refractivity (Wildman–Crippen MR) is 122 cm³/mol. The number of hydrogen-bond donors (Lipinski definition) is 2. The van der Waals surface area contributed by atoms with Crippen molar-refractivity contribution in [3.8, 4) is 11.5 Å². The Kier molecular flexibility index (Phi) is 7.27. The summed E-state index contributed by atoms with van der Waals surface area (Å²) in [5.74, 6) is 0.594. The summed E-state index contributed by atoms with van der Waals surface area (Å²) in [6, 6.07) is 19.9. The maximum atomic E-state index is 12.6. The molecule has 0 saturated carbocycles. The highest BCUT2D eigenvalue weighted by Crippen LogP contribution is 2.26. The SMILES string of the molecule is CCc1ccccc1NC(=O)COc1ccc(C(=O)Nc2cc(C)ccc2OC)cc1. The summed E-state index contributed by atoms with van der Waals surface area (Å²) in [6.45, 7) is 3.86. The summed E-state index contributed by atoms with van der Waals surface area (Å²) < 4.78 is 10.9. The van der Waals surface area contributed by atoms with E-state index in [9.17, 15) is 9.59 Å². The van der Waals surface area contributed by atoms with E-state index in [0.29, 0.717) is 22.7 Å². The maximum Gasteiger partial charge on any atom is 0.262 e. The number of amides is 2. The molecule has 0 aliphatic carbocycles. The Labute approximate surface area is 182 Å². The molecule has 0 bridgehead atoms. The van der Waals surface area contributed by atoms with Crippen molar-refractivity contribution < 1.29 is 19.1 Å². The molecule has 3 aromatic rings. The van der Waals surface area contributed by atoms with Crippen molar-refractivity contribution in [2.75, 3.05) is 24.4 Å². The lowest BCUT2D eigenvalue weighted by Crippen LogP contribution is -2.21. The molecule has 0 unspecified atom stereocenters. The normalized spacial score (nSPS) is 10.3. The number of nitrogens with one attached hydrogen (secondary N) is 2. The van der Waals surface area contributed by atoms with E-state index in [1.54, 1.807) is 31.4 Å². The van der Waals surface area contributed by atoms with Crippen molar-refractivity contribution in [2.24, 2.45) is 0 Å². The molecular formula is C25H26N2O4. The van der Waals surface area contributed by atoms with E-state index in [2.05, 4.69) is 10.6 Å². The van der Waals surface area contributed by atoms with Crippen LogP contribution in [0.3, 0.4) is 0 Å². The van der Waals surface area contributed by atoms with Crippen LogP contribution in [0.15, 0.2) is 66.7 Å². The Hall–Kier alpha value is -3.80. The Balaban J connectivity index is 1.57. The molecule has 0 aliphatic rings. The molecule has 3 aromatic carbocycles. The zero-order valence-corrected chi connectivity index (χ0v) is 17.9. The molecule has 0 heterocycles. The number of anilines is 2. The number of carbonyl (C=O) groups excluding carboxylic acids is 2. The fourth-order valence-electron chi connectivity index (χ4n) is 3.10. The van der Waals surface area contributed by atoms with Crippen LogP contribution >= 0.6 is 0 Å². The second-order valence-corrected chi connectivity index (χ2v) is 7.03. The molecule has 2 N–H and O–H groups in total. The number of para-hydroxylation sites is 1. The standard InChI is InChI=1S/C25H26N2O4/c1-4-18-7-5-6-8-21(18)26-24(28)16-31-20-12-10-19(11-13-20)25(29)27-22-15-17(2)9-14-23(22)30-3/h5-15H,4,16H2,1-3H3,(H,26,28)(H,27,29). The molecule has 160 valence electrons. The van der Waals surface area contributed by atoms with Gasteiger partial charge in [0.1, 0.15) is 11.5 Å². The first kappa shape index (κ1) is 21.9. The monoisotopic (exact) mass is 418 g/mol. The average Bonchev–Trinajstić information content (AvgIpc) is 2.78. The quantitative estimate of drug-likeness (QED) is 0.549. The number of rotatable bonds is 8. The zero-order valence-electron chi connectivity index (χ0n) is 17.9. The zero-order chi connectivity index (χ0) is 22.2. The van der Waals surface area contributed by atoms with Gasteiger partial charge in [-0.25, -0.2) is 0 Å². The fraction of sp³-hybridized carbons (Fsp3) is 0.200. The minimum atomic E-state index is -0.260. The fourth-order valence-corrected chi connectivity index (χ4v) is 3.10. The van der Waals surface area contributed by atoms with Crippen LogP contribution in [0.5, 0.6) is 11.5 Å². The van der Waals surface area contributed by atoms with Gasteiger partial charge in [0.2, 0.25) is 0 Å². The van der Waals surface area contributed by atoms with Gasteiger partial charge in [-0.2, -0.15) is 0 Å². The van der Waals surface area contributed by atoms with Gasteiger partial charge in [-0.3, -0.25) is 9.59 Å². The topological polar surface area (TPSA) is 76.7 Å². The highest BCUT2D eigenvalue weighted by Gasteiger charge is 2.11. The van der Waals surface area contributed by atoms with Crippen LogP contribution in [0.25, 0.3) is 0 Å².